The zero-order chi connectivity index (χ0) is 15.8. The Hall–Kier alpha value is -2.90. The molecule has 4 amide bonds. The molecule has 1 aliphatic rings. The van der Waals surface area contributed by atoms with Gasteiger partial charge in [0, 0.05) is 5.56 Å². The lowest BCUT2D eigenvalue weighted by Gasteiger charge is -2.22. The van der Waals surface area contributed by atoms with Gasteiger partial charge < -0.3 is 16.2 Å². The van der Waals surface area contributed by atoms with Crippen LogP contribution in [0.1, 0.15) is 22.8 Å². The number of primary amides is 1. The lowest BCUT2D eigenvalue weighted by Crippen LogP contribution is -2.41. The zero-order valence-electron chi connectivity index (χ0n) is 11.1. The van der Waals surface area contributed by atoms with Crippen LogP contribution in [0, 0.1) is 0 Å². The predicted molar refractivity (Wildman–Crippen MR) is 70.2 cm³/mol. The van der Waals surface area contributed by atoms with E-state index < -0.39 is 35.9 Å². The van der Waals surface area contributed by atoms with Gasteiger partial charge in [0.05, 0.1) is 0 Å². The first kappa shape index (κ1) is 14.5. The monoisotopic (exact) mass is 291 g/mol. The number of nitrogens with one attached hydrogen (secondary N) is 1. The highest BCUT2D eigenvalue weighted by molar-refractivity contribution is 6.09. The molecule has 4 N–H and O–H groups in total. The number of rotatable bonds is 4. The van der Waals surface area contributed by atoms with Crippen molar-refractivity contribution in [3.05, 3.63) is 35.4 Å². The third kappa shape index (κ3) is 2.42. The average molecular weight is 291 g/mol. The molecule has 1 heterocycles. The first-order chi connectivity index (χ1) is 9.75. The van der Waals surface area contributed by atoms with Crippen molar-refractivity contribution in [1.29, 1.82) is 0 Å². The molecule has 21 heavy (non-hydrogen) atoms. The summed E-state index contributed by atoms with van der Waals surface area (Å²) in [4.78, 5) is 46.6. The Labute approximate surface area is 119 Å². The SMILES string of the molecule is CC1(c2cccc(C(N)=O)c2)NC(=O)N(CC(=O)O)C1=O. The molecule has 0 saturated carbocycles. The molecule has 0 aromatic heterocycles. The maximum atomic E-state index is 12.3. The summed E-state index contributed by atoms with van der Waals surface area (Å²) in [6, 6.07) is 5.15. The lowest BCUT2D eigenvalue weighted by atomic mass is 9.90. The van der Waals surface area contributed by atoms with Crippen molar-refractivity contribution in [2.45, 2.75) is 12.5 Å². The summed E-state index contributed by atoms with van der Waals surface area (Å²) in [5.74, 6) is -2.66. The summed E-state index contributed by atoms with van der Waals surface area (Å²) in [7, 11) is 0. The summed E-state index contributed by atoms with van der Waals surface area (Å²) in [5, 5.41) is 11.2. The van der Waals surface area contributed by atoms with Gasteiger partial charge in [0.2, 0.25) is 5.91 Å². The minimum Gasteiger partial charge on any atom is -0.480 e. The molecule has 0 aliphatic carbocycles. The zero-order valence-corrected chi connectivity index (χ0v) is 11.1. The molecule has 1 aliphatic heterocycles. The second-order valence-corrected chi connectivity index (χ2v) is 4.79. The molecular formula is C13H13N3O5. The van der Waals surface area contributed by atoms with Crippen molar-refractivity contribution < 1.29 is 24.3 Å². The molecule has 0 bridgehead atoms. The number of hydrogen-bond acceptors (Lipinski definition) is 4. The number of amides is 4. The molecule has 8 nitrogen and oxygen atoms in total. The molecule has 8 heteroatoms. The number of nitrogens with zero attached hydrogens (tertiary/aromatic N) is 1. The van der Waals surface area contributed by atoms with Crippen molar-refractivity contribution in [1.82, 2.24) is 10.2 Å². The van der Waals surface area contributed by atoms with Gasteiger partial charge in [-0.3, -0.25) is 19.3 Å². The number of urea groups is 1. The Morgan fingerprint density at radius 3 is 2.62 bits per heavy atom. The predicted octanol–water partition coefficient (Wildman–Crippen LogP) is -0.363. The Morgan fingerprint density at radius 2 is 2.05 bits per heavy atom. The van der Waals surface area contributed by atoms with E-state index in [1.807, 2.05) is 0 Å². The fourth-order valence-corrected chi connectivity index (χ4v) is 2.15. The normalized spacial score (nSPS) is 21.3. The van der Waals surface area contributed by atoms with E-state index >= 15 is 0 Å². The topological polar surface area (TPSA) is 130 Å². The maximum absolute atomic E-state index is 12.3. The summed E-state index contributed by atoms with van der Waals surface area (Å²) >= 11 is 0. The third-order valence-electron chi connectivity index (χ3n) is 3.29. The smallest absolute Gasteiger partial charge is 0.325 e. The highest BCUT2D eigenvalue weighted by atomic mass is 16.4. The van der Waals surface area contributed by atoms with E-state index in [0.29, 0.717) is 10.5 Å². The van der Waals surface area contributed by atoms with Crippen LogP contribution in [0.2, 0.25) is 0 Å². The van der Waals surface area contributed by atoms with E-state index in [-0.39, 0.29) is 5.56 Å². The van der Waals surface area contributed by atoms with Gasteiger partial charge in [-0.25, -0.2) is 4.79 Å². The number of imide groups is 1. The quantitative estimate of drug-likeness (QED) is 0.652. The number of aliphatic carboxylic acids is 1. The van der Waals surface area contributed by atoms with Gasteiger partial charge in [0.15, 0.2) is 0 Å². The number of carbonyl (C=O) groups excluding carboxylic acids is 3. The van der Waals surface area contributed by atoms with Crippen LogP contribution in [0.5, 0.6) is 0 Å². The summed E-state index contributed by atoms with van der Waals surface area (Å²) < 4.78 is 0. The summed E-state index contributed by atoms with van der Waals surface area (Å²) in [6.45, 7) is 0.713. The van der Waals surface area contributed by atoms with E-state index in [9.17, 15) is 19.2 Å². The van der Waals surface area contributed by atoms with Crippen molar-refractivity contribution >= 4 is 23.8 Å². The fraction of sp³-hybridized carbons (Fsp3) is 0.231. The van der Waals surface area contributed by atoms with Crippen LogP contribution >= 0.6 is 0 Å². The van der Waals surface area contributed by atoms with Crippen LogP contribution in [0.4, 0.5) is 4.79 Å². The minimum atomic E-state index is -1.43. The highest BCUT2D eigenvalue weighted by Gasteiger charge is 2.49. The van der Waals surface area contributed by atoms with E-state index in [4.69, 9.17) is 10.8 Å². The second kappa shape index (κ2) is 4.89. The summed E-state index contributed by atoms with van der Waals surface area (Å²) in [5.41, 5.74) is 4.29. The minimum absolute atomic E-state index is 0.187. The molecule has 110 valence electrons. The molecule has 0 spiro atoms. The van der Waals surface area contributed by atoms with Crippen LogP contribution in [0.25, 0.3) is 0 Å². The van der Waals surface area contributed by atoms with Crippen LogP contribution in [0.15, 0.2) is 24.3 Å². The number of nitrogens with two attached hydrogens (primary N) is 1. The number of carbonyl (C=O) groups is 4. The maximum Gasteiger partial charge on any atom is 0.325 e. The van der Waals surface area contributed by atoms with Crippen molar-refractivity contribution in [3.8, 4) is 0 Å². The lowest BCUT2D eigenvalue weighted by molar-refractivity contribution is -0.142. The van der Waals surface area contributed by atoms with E-state index in [1.54, 1.807) is 6.07 Å². The highest BCUT2D eigenvalue weighted by Crippen LogP contribution is 2.29. The van der Waals surface area contributed by atoms with Crippen LogP contribution in [-0.4, -0.2) is 40.4 Å². The molecule has 1 aromatic rings. The van der Waals surface area contributed by atoms with Gasteiger partial charge in [-0.2, -0.15) is 0 Å². The largest absolute Gasteiger partial charge is 0.480 e. The van der Waals surface area contributed by atoms with Crippen molar-refractivity contribution in [3.63, 3.8) is 0 Å². The number of carboxylic acids is 1. The second-order valence-electron chi connectivity index (χ2n) is 4.79. The molecule has 1 unspecified atom stereocenters. The fourth-order valence-electron chi connectivity index (χ4n) is 2.15. The van der Waals surface area contributed by atoms with Crippen molar-refractivity contribution in [2.24, 2.45) is 5.73 Å². The third-order valence-corrected chi connectivity index (χ3v) is 3.29. The average Bonchev–Trinajstić information content (AvgIpc) is 2.63. The van der Waals surface area contributed by atoms with Crippen molar-refractivity contribution in [2.75, 3.05) is 6.54 Å². The molecule has 1 aromatic carbocycles. The van der Waals surface area contributed by atoms with Gasteiger partial charge in [0.25, 0.3) is 5.91 Å². The Morgan fingerprint density at radius 1 is 1.38 bits per heavy atom. The van der Waals surface area contributed by atoms with E-state index in [2.05, 4.69) is 5.32 Å². The van der Waals surface area contributed by atoms with Crippen LogP contribution in [-0.2, 0) is 15.1 Å². The Kier molecular flexibility index (Phi) is 3.38. The molecule has 2 rings (SSSR count). The first-order valence-corrected chi connectivity index (χ1v) is 6.02. The Balaban J connectivity index is 2.41. The van der Waals surface area contributed by atoms with Gasteiger partial charge >= 0.3 is 12.0 Å². The van der Waals surface area contributed by atoms with Gasteiger partial charge in [0.1, 0.15) is 12.1 Å². The van der Waals surface area contributed by atoms with E-state index in [1.165, 1.54) is 25.1 Å². The standard InChI is InChI=1S/C13H13N3O5/c1-13(8-4-2-3-7(5-8)10(14)19)11(20)16(6-9(17)18)12(21)15-13/h2-5H,6H2,1H3,(H2,14,19)(H,15,21)(H,17,18). The number of carboxylic acid groups (broad SMARTS) is 1. The van der Waals surface area contributed by atoms with E-state index in [0.717, 1.165) is 0 Å². The molecule has 1 fully saturated rings. The summed E-state index contributed by atoms with van der Waals surface area (Å²) in [6.07, 6.45) is 0. The van der Waals surface area contributed by atoms with Crippen LogP contribution in [0.3, 0.4) is 0 Å². The number of benzene rings is 1. The molecule has 1 saturated heterocycles. The van der Waals surface area contributed by atoms with Gasteiger partial charge in [-0.05, 0) is 24.6 Å². The Bertz CT molecular complexity index is 657. The van der Waals surface area contributed by atoms with Crippen LogP contribution < -0.4 is 11.1 Å². The van der Waals surface area contributed by atoms with Gasteiger partial charge in [-0.15, -0.1) is 0 Å². The molecule has 0 radical (unpaired) electrons. The first-order valence-electron chi connectivity index (χ1n) is 6.02. The number of hydrogen-bond donors (Lipinski definition) is 3. The molecule has 1 atom stereocenters. The molecular weight excluding hydrogens is 278 g/mol. The van der Waals surface area contributed by atoms with Gasteiger partial charge in [-0.1, -0.05) is 12.1 Å².